The van der Waals surface area contributed by atoms with Crippen LogP contribution in [0.25, 0.3) is 0 Å². The van der Waals surface area contributed by atoms with Gasteiger partial charge in [-0.15, -0.1) is 11.3 Å². The number of aromatic nitrogens is 3. The number of rotatable bonds is 3. The van der Waals surface area contributed by atoms with E-state index < -0.39 is 0 Å². The molecule has 0 bridgehead atoms. The molecule has 0 amide bonds. The quantitative estimate of drug-likeness (QED) is 0.906. The van der Waals surface area contributed by atoms with Crippen molar-refractivity contribution in [1.29, 1.82) is 0 Å². The van der Waals surface area contributed by atoms with Crippen LogP contribution < -0.4 is 11.1 Å². The first kappa shape index (κ1) is 15.7. The van der Waals surface area contributed by atoms with E-state index in [1.807, 2.05) is 13.1 Å². The molecule has 0 saturated carbocycles. The molecule has 2 heterocycles. The van der Waals surface area contributed by atoms with Crippen molar-refractivity contribution >= 4 is 23.0 Å². The lowest BCUT2D eigenvalue weighted by Gasteiger charge is -2.21. The fraction of sp³-hybridized carbons (Fsp3) is 0.533. The first-order valence-electron chi connectivity index (χ1n) is 7.02. The molecule has 6 heteroatoms. The lowest BCUT2D eigenvalue weighted by atomic mass is 9.95. The van der Waals surface area contributed by atoms with Gasteiger partial charge >= 0.3 is 0 Å². The molecule has 0 aliphatic rings. The SMILES string of the molecule is Cc1cnc(C(C)Nc2nc(C(C)(C)C)nc(N)c2C)s1. The number of hydrogen-bond donors (Lipinski definition) is 2. The van der Waals surface area contributed by atoms with Crippen LogP contribution in [0.15, 0.2) is 6.20 Å². The lowest BCUT2D eigenvalue weighted by Crippen LogP contribution is -2.20. The van der Waals surface area contributed by atoms with E-state index in [1.165, 1.54) is 4.88 Å². The van der Waals surface area contributed by atoms with Crippen molar-refractivity contribution in [3.05, 3.63) is 27.5 Å². The van der Waals surface area contributed by atoms with Crippen LogP contribution in [0.2, 0.25) is 0 Å². The first-order valence-corrected chi connectivity index (χ1v) is 7.83. The van der Waals surface area contributed by atoms with Gasteiger partial charge in [0.25, 0.3) is 0 Å². The van der Waals surface area contributed by atoms with E-state index in [0.717, 1.165) is 22.2 Å². The summed E-state index contributed by atoms with van der Waals surface area (Å²) in [7, 11) is 0. The Bertz CT molecular complexity index is 642. The molecule has 1 atom stereocenters. The van der Waals surface area contributed by atoms with Gasteiger partial charge in [0.1, 0.15) is 22.5 Å². The van der Waals surface area contributed by atoms with Crippen LogP contribution in [-0.2, 0) is 5.41 Å². The summed E-state index contributed by atoms with van der Waals surface area (Å²) in [4.78, 5) is 14.7. The zero-order valence-electron chi connectivity index (χ0n) is 13.5. The summed E-state index contributed by atoms with van der Waals surface area (Å²) in [6.07, 6.45) is 1.89. The third-order valence-electron chi connectivity index (χ3n) is 3.22. The van der Waals surface area contributed by atoms with Crippen molar-refractivity contribution in [3.8, 4) is 0 Å². The molecule has 2 aromatic rings. The van der Waals surface area contributed by atoms with Gasteiger partial charge in [0.05, 0.1) is 6.04 Å². The van der Waals surface area contributed by atoms with Gasteiger partial charge in [-0.25, -0.2) is 15.0 Å². The minimum Gasteiger partial charge on any atom is -0.383 e. The molecular formula is C15H23N5S. The van der Waals surface area contributed by atoms with Crippen LogP contribution in [0.5, 0.6) is 0 Å². The molecule has 1 unspecified atom stereocenters. The van der Waals surface area contributed by atoms with Crippen LogP contribution in [0, 0.1) is 13.8 Å². The summed E-state index contributed by atoms with van der Waals surface area (Å²) in [6.45, 7) is 12.3. The smallest absolute Gasteiger partial charge is 0.138 e. The maximum atomic E-state index is 6.03. The highest BCUT2D eigenvalue weighted by atomic mass is 32.1. The molecule has 2 rings (SSSR count). The molecule has 0 spiro atoms. The summed E-state index contributed by atoms with van der Waals surface area (Å²) in [6, 6.07) is 0.0875. The fourth-order valence-electron chi connectivity index (χ4n) is 1.85. The number of anilines is 2. The Morgan fingerprint density at radius 3 is 2.43 bits per heavy atom. The molecule has 0 saturated heterocycles. The van der Waals surface area contributed by atoms with Crippen LogP contribution in [0.3, 0.4) is 0 Å². The number of nitrogen functional groups attached to an aromatic ring is 1. The highest BCUT2D eigenvalue weighted by Gasteiger charge is 2.21. The summed E-state index contributed by atoms with van der Waals surface area (Å²) in [5.74, 6) is 2.06. The van der Waals surface area contributed by atoms with Gasteiger partial charge in [0, 0.05) is 22.1 Å². The van der Waals surface area contributed by atoms with Gasteiger partial charge in [-0.2, -0.15) is 0 Å². The number of nitrogens with one attached hydrogen (secondary N) is 1. The summed E-state index contributed by atoms with van der Waals surface area (Å²) < 4.78 is 0. The van der Waals surface area contributed by atoms with E-state index in [-0.39, 0.29) is 11.5 Å². The minimum atomic E-state index is -0.140. The second-order valence-corrected chi connectivity index (χ2v) is 7.60. The van der Waals surface area contributed by atoms with E-state index in [2.05, 4.69) is 54.9 Å². The minimum absolute atomic E-state index is 0.0875. The van der Waals surface area contributed by atoms with Crippen LogP contribution >= 0.6 is 11.3 Å². The zero-order valence-corrected chi connectivity index (χ0v) is 14.3. The standard InChI is InChI=1S/C15H23N5S/c1-8-7-17-13(21-8)10(3)18-12-9(2)11(16)19-14(20-12)15(4,5)6/h7,10H,1-6H3,(H3,16,18,19,20). The number of thiazole rings is 1. The van der Waals surface area contributed by atoms with Crippen LogP contribution in [0.1, 0.15) is 55.0 Å². The molecule has 0 fully saturated rings. The van der Waals surface area contributed by atoms with Gasteiger partial charge in [0.15, 0.2) is 0 Å². The van der Waals surface area contributed by atoms with Crippen molar-refractivity contribution in [1.82, 2.24) is 15.0 Å². The largest absolute Gasteiger partial charge is 0.383 e. The van der Waals surface area contributed by atoms with E-state index in [1.54, 1.807) is 11.3 Å². The first-order chi connectivity index (χ1) is 9.68. The van der Waals surface area contributed by atoms with Gasteiger partial charge < -0.3 is 11.1 Å². The highest BCUT2D eigenvalue weighted by Crippen LogP contribution is 2.28. The molecular weight excluding hydrogens is 282 g/mol. The maximum Gasteiger partial charge on any atom is 0.138 e. The molecule has 0 radical (unpaired) electrons. The molecule has 0 aliphatic heterocycles. The molecule has 0 aliphatic carbocycles. The summed E-state index contributed by atoms with van der Waals surface area (Å²) in [5, 5.41) is 4.45. The second-order valence-electron chi connectivity index (χ2n) is 6.33. The van der Waals surface area contributed by atoms with Crippen molar-refractivity contribution in [2.45, 2.75) is 53.0 Å². The Balaban J connectivity index is 2.33. The van der Waals surface area contributed by atoms with E-state index in [0.29, 0.717) is 5.82 Å². The Morgan fingerprint density at radius 1 is 1.24 bits per heavy atom. The maximum absolute atomic E-state index is 6.03. The van der Waals surface area contributed by atoms with Crippen molar-refractivity contribution in [3.63, 3.8) is 0 Å². The highest BCUT2D eigenvalue weighted by molar-refractivity contribution is 7.11. The predicted octanol–water partition coefficient (Wildman–Crippen LogP) is 3.60. The van der Waals surface area contributed by atoms with Gasteiger partial charge in [-0.05, 0) is 20.8 Å². The monoisotopic (exact) mass is 305 g/mol. The lowest BCUT2D eigenvalue weighted by molar-refractivity contribution is 0.546. The van der Waals surface area contributed by atoms with Crippen molar-refractivity contribution in [2.75, 3.05) is 11.1 Å². The predicted molar refractivity (Wildman–Crippen MR) is 88.8 cm³/mol. The molecule has 5 nitrogen and oxygen atoms in total. The second kappa shape index (κ2) is 5.60. The molecule has 21 heavy (non-hydrogen) atoms. The Kier molecular flexibility index (Phi) is 4.18. The van der Waals surface area contributed by atoms with Gasteiger partial charge in [-0.1, -0.05) is 20.8 Å². The average molecular weight is 305 g/mol. The summed E-state index contributed by atoms with van der Waals surface area (Å²) >= 11 is 1.69. The van der Waals surface area contributed by atoms with Crippen molar-refractivity contribution < 1.29 is 0 Å². The Morgan fingerprint density at radius 2 is 1.90 bits per heavy atom. The third-order valence-corrected chi connectivity index (χ3v) is 4.31. The normalized spacial score (nSPS) is 13.2. The molecule has 0 aromatic carbocycles. The number of aryl methyl sites for hydroxylation is 1. The van der Waals surface area contributed by atoms with E-state index >= 15 is 0 Å². The molecule has 2 aromatic heterocycles. The summed E-state index contributed by atoms with van der Waals surface area (Å²) in [5.41, 5.74) is 6.77. The van der Waals surface area contributed by atoms with Gasteiger partial charge in [0.2, 0.25) is 0 Å². The van der Waals surface area contributed by atoms with E-state index in [4.69, 9.17) is 5.73 Å². The molecule has 3 N–H and O–H groups in total. The number of nitrogens with two attached hydrogens (primary N) is 1. The zero-order chi connectivity index (χ0) is 15.8. The van der Waals surface area contributed by atoms with Crippen molar-refractivity contribution in [2.24, 2.45) is 0 Å². The van der Waals surface area contributed by atoms with Crippen LogP contribution in [0.4, 0.5) is 11.6 Å². The number of hydrogen-bond acceptors (Lipinski definition) is 6. The van der Waals surface area contributed by atoms with Crippen LogP contribution in [-0.4, -0.2) is 15.0 Å². The topological polar surface area (TPSA) is 76.7 Å². The average Bonchev–Trinajstić information content (AvgIpc) is 2.80. The Labute approximate surface area is 130 Å². The fourth-order valence-corrected chi connectivity index (χ4v) is 2.63. The van der Waals surface area contributed by atoms with Gasteiger partial charge in [-0.3, -0.25) is 0 Å². The number of nitrogens with zero attached hydrogens (tertiary/aromatic N) is 3. The molecule has 114 valence electrons. The van der Waals surface area contributed by atoms with E-state index in [9.17, 15) is 0 Å². The Hall–Kier alpha value is -1.69. The third kappa shape index (κ3) is 3.50.